The van der Waals surface area contributed by atoms with Crippen molar-refractivity contribution in [2.75, 3.05) is 6.61 Å². The molecule has 2 aromatic rings. The number of benzene rings is 2. The molecule has 2 unspecified atom stereocenters. The summed E-state index contributed by atoms with van der Waals surface area (Å²) >= 11 is 0. The molecule has 4 nitrogen and oxygen atoms in total. The fourth-order valence-corrected chi connectivity index (χ4v) is 2.89. The van der Waals surface area contributed by atoms with Crippen molar-refractivity contribution in [1.82, 2.24) is 5.06 Å². The van der Waals surface area contributed by atoms with Gasteiger partial charge in [0.1, 0.15) is 6.04 Å². The number of hydrogen-bond acceptors (Lipinski definition) is 3. The summed E-state index contributed by atoms with van der Waals surface area (Å²) in [6, 6.07) is 18.5. The predicted molar refractivity (Wildman–Crippen MR) is 96.7 cm³/mol. The molecule has 0 spiro atoms. The molecule has 0 saturated carbocycles. The second kappa shape index (κ2) is 8.60. The zero-order valence-electron chi connectivity index (χ0n) is 14.2. The van der Waals surface area contributed by atoms with Gasteiger partial charge in [0.05, 0.1) is 0 Å². The summed E-state index contributed by atoms with van der Waals surface area (Å²) in [6.45, 7) is 4.57. The van der Waals surface area contributed by atoms with Crippen molar-refractivity contribution in [3.8, 4) is 0 Å². The van der Waals surface area contributed by atoms with Gasteiger partial charge in [0.2, 0.25) is 0 Å². The van der Waals surface area contributed by atoms with Crippen LogP contribution in [0.2, 0.25) is 0 Å². The molecule has 130 valence electrons. The predicted octanol–water partition coefficient (Wildman–Crippen LogP) is 4.51. The maximum absolute atomic E-state index is 13.1. The summed E-state index contributed by atoms with van der Waals surface area (Å²) in [7, 11) is 0. The molecule has 3 rings (SSSR count). The van der Waals surface area contributed by atoms with Gasteiger partial charge < -0.3 is 4.74 Å². The standard InChI is InChI=1S/C21H23NO3/c1-2-19(17-11-5-3-6-12-17)22(25-20-15-9-10-16-24-20)21(23)18-13-7-4-8-14-18/h2-8,11-14,19-20H,1,9-10,15-16H2. The summed E-state index contributed by atoms with van der Waals surface area (Å²) in [5.41, 5.74) is 1.51. The molecule has 0 radical (unpaired) electrons. The van der Waals surface area contributed by atoms with Crippen LogP contribution in [0.4, 0.5) is 0 Å². The molecule has 1 fully saturated rings. The van der Waals surface area contributed by atoms with Gasteiger partial charge in [-0.2, -0.15) is 0 Å². The van der Waals surface area contributed by atoms with E-state index >= 15 is 0 Å². The van der Waals surface area contributed by atoms with E-state index in [1.165, 1.54) is 5.06 Å². The van der Waals surface area contributed by atoms with Gasteiger partial charge in [-0.1, -0.05) is 54.6 Å². The summed E-state index contributed by atoms with van der Waals surface area (Å²) in [5, 5.41) is 1.40. The average molecular weight is 337 g/mol. The number of hydroxylamine groups is 2. The van der Waals surface area contributed by atoms with Crippen LogP contribution in [-0.4, -0.2) is 23.9 Å². The molecule has 0 bridgehead atoms. The molecule has 25 heavy (non-hydrogen) atoms. The topological polar surface area (TPSA) is 38.8 Å². The molecule has 1 aliphatic rings. The number of carbonyl (C=O) groups is 1. The largest absolute Gasteiger partial charge is 0.350 e. The first-order valence-electron chi connectivity index (χ1n) is 8.64. The number of ether oxygens (including phenoxy) is 1. The van der Waals surface area contributed by atoms with E-state index in [0.29, 0.717) is 12.2 Å². The number of rotatable bonds is 6. The van der Waals surface area contributed by atoms with Crippen molar-refractivity contribution in [3.63, 3.8) is 0 Å². The van der Waals surface area contributed by atoms with E-state index in [1.807, 2.05) is 48.5 Å². The van der Waals surface area contributed by atoms with Crippen LogP contribution in [0.15, 0.2) is 73.3 Å². The molecular formula is C21H23NO3. The summed E-state index contributed by atoms with van der Waals surface area (Å²) in [5.74, 6) is -0.205. The summed E-state index contributed by atoms with van der Waals surface area (Å²) in [4.78, 5) is 19.1. The van der Waals surface area contributed by atoms with Crippen LogP contribution < -0.4 is 0 Å². The zero-order valence-corrected chi connectivity index (χ0v) is 14.2. The highest BCUT2D eigenvalue weighted by atomic mass is 16.8. The van der Waals surface area contributed by atoms with Gasteiger partial charge in [0.15, 0.2) is 6.29 Å². The van der Waals surface area contributed by atoms with E-state index in [2.05, 4.69) is 6.58 Å². The third-order valence-corrected chi connectivity index (χ3v) is 4.21. The van der Waals surface area contributed by atoms with Crippen molar-refractivity contribution >= 4 is 5.91 Å². The Labute approximate surface area is 148 Å². The second-order valence-electron chi connectivity index (χ2n) is 5.99. The summed E-state index contributed by atoms with van der Waals surface area (Å²) < 4.78 is 5.67. The number of amides is 1. The van der Waals surface area contributed by atoms with Gasteiger partial charge in [0.25, 0.3) is 5.91 Å². The average Bonchev–Trinajstić information content (AvgIpc) is 2.69. The number of hydrogen-bond donors (Lipinski definition) is 0. The lowest BCUT2D eigenvalue weighted by molar-refractivity contribution is -0.276. The van der Waals surface area contributed by atoms with Crippen LogP contribution in [0.1, 0.15) is 41.2 Å². The first kappa shape index (κ1) is 17.4. The summed E-state index contributed by atoms with van der Waals surface area (Å²) in [6.07, 6.45) is 4.14. The molecule has 1 heterocycles. The molecular weight excluding hydrogens is 314 g/mol. The Balaban J connectivity index is 1.89. The van der Waals surface area contributed by atoms with E-state index in [0.717, 1.165) is 24.8 Å². The molecule has 2 aromatic carbocycles. The molecule has 1 amide bonds. The smallest absolute Gasteiger partial charge is 0.278 e. The number of nitrogens with zero attached hydrogens (tertiary/aromatic N) is 1. The molecule has 2 atom stereocenters. The molecule has 0 aliphatic carbocycles. The van der Waals surface area contributed by atoms with Gasteiger partial charge in [-0.05, 0) is 30.5 Å². The van der Waals surface area contributed by atoms with Crippen LogP contribution in [0.25, 0.3) is 0 Å². The molecule has 0 aromatic heterocycles. The Morgan fingerprint density at radius 2 is 1.80 bits per heavy atom. The molecule has 4 heteroatoms. The highest BCUT2D eigenvalue weighted by molar-refractivity contribution is 5.93. The lowest BCUT2D eigenvalue weighted by Crippen LogP contribution is -2.39. The van der Waals surface area contributed by atoms with E-state index in [9.17, 15) is 4.79 Å². The Bertz CT molecular complexity index is 681. The van der Waals surface area contributed by atoms with Gasteiger partial charge in [-0.25, -0.2) is 9.90 Å². The van der Waals surface area contributed by atoms with Crippen molar-refractivity contribution in [1.29, 1.82) is 0 Å². The number of carbonyl (C=O) groups excluding carboxylic acids is 1. The van der Waals surface area contributed by atoms with Crippen LogP contribution in [0.5, 0.6) is 0 Å². The van der Waals surface area contributed by atoms with Gasteiger partial charge in [-0.15, -0.1) is 6.58 Å². The maximum Gasteiger partial charge on any atom is 0.278 e. The van der Waals surface area contributed by atoms with Crippen LogP contribution >= 0.6 is 0 Å². The van der Waals surface area contributed by atoms with Gasteiger partial charge in [-0.3, -0.25) is 4.79 Å². The first-order valence-corrected chi connectivity index (χ1v) is 8.64. The minimum atomic E-state index is -0.410. The van der Waals surface area contributed by atoms with Crippen LogP contribution in [0, 0.1) is 0 Å². The highest BCUT2D eigenvalue weighted by Crippen LogP contribution is 2.27. The van der Waals surface area contributed by atoms with Crippen molar-refractivity contribution in [3.05, 3.63) is 84.4 Å². The SMILES string of the molecule is C=CC(c1ccccc1)N(OC1CCCCO1)C(=O)c1ccccc1. The van der Waals surface area contributed by atoms with Crippen LogP contribution in [0.3, 0.4) is 0 Å². The normalized spacial score (nSPS) is 18.3. The first-order chi connectivity index (χ1) is 12.3. The van der Waals surface area contributed by atoms with E-state index in [4.69, 9.17) is 9.57 Å². The second-order valence-corrected chi connectivity index (χ2v) is 5.99. The zero-order chi connectivity index (χ0) is 17.5. The fourth-order valence-electron chi connectivity index (χ4n) is 2.89. The lowest BCUT2D eigenvalue weighted by atomic mass is 10.1. The highest BCUT2D eigenvalue weighted by Gasteiger charge is 2.29. The van der Waals surface area contributed by atoms with E-state index in [1.54, 1.807) is 18.2 Å². The Morgan fingerprint density at radius 1 is 1.12 bits per heavy atom. The van der Waals surface area contributed by atoms with Crippen LogP contribution in [-0.2, 0) is 9.57 Å². The van der Waals surface area contributed by atoms with E-state index in [-0.39, 0.29) is 11.9 Å². The van der Waals surface area contributed by atoms with Crippen molar-refractivity contribution in [2.24, 2.45) is 0 Å². The Morgan fingerprint density at radius 3 is 2.40 bits per heavy atom. The Hall–Kier alpha value is -2.43. The molecule has 1 saturated heterocycles. The van der Waals surface area contributed by atoms with Gasteiger partial charge >= 0.3 is 0 Å². The molecule has 1 aliphatic heterocycles. The quantitative estimate of drug-likeness (QED) is 0.575. The lowest BCUT2D eigenvalue weighted by Gasteiger charge is -2.33. The fraction of sp³-hybridized carbons (Fsp3) is 0.286. The minimum Gasteiger partial charge on any atom is -0.350 e. The Kier molecular flexibility index (Phi) is 5.99. The maximum atomic E-state index is 13.1. The third-order valence-electron chi connectivity index (χ3n) is 4.21. The third kappa shape index (κ3) is 4.35. The minimum absolute atomic E-state index is 0.205. The van der Waals surface area contributed by atoms with Crippen molar-refractivity contribution in [2.45, 2.75) is 31.6 Å². The van der Waals surface area contributed by atoms with E-state index < -0.39 is 6.29 Å². The molecule has 0 N–H and O–H groups in total. The monoisotopic (exact) mass is 337 g/mol. The van der Waals surface area contributed by atoms with Gasteiger partial charge in [0, 0.05) is 18.6 Å². The van der Waals surface area contributed by atoms with Crippen molar-refractivity contribution < 1.29 is 14.4 Å².